The molecule has 5 aromatic rings. The molecule has 4 nitrogen and oxygen atoms in total. The van der Waals surface area contributed by atoms with E-state index in [2.05, 4.69) is 129 Å². The van der Waals surface area contributed by atoms with E-state index in [-0.39, 0.29) is 0 Å². The Morgan fingerprint density at radius 1 is 0.763 bits per heavy atom. The highest BCUT2D eigenvalue weighted by molar-refractivity contribution is 5.99. The van der Waals surface area contributed by atoms with Crippen LogP contribution in [0.25, 0.3) is 33.3 Å². The number of hydrogen-bond donors (Lipinski definition) is 1. The number of hydrogen-bond acceptors (Lipinski definition) is 3. The number of nitrogens with one attached hydrogen (secondary N) is 1. The molecule has 0 fully saturated rings. The van der Waals surface area contributed by atoms with Crippen molar-refractivity contribution >= 4 is 22.3 Å². The molecule has 0 radical (unpaired) electrons. The number of nitrogens with zero attached hydrogens (tertiary/aromatic N) is 2. The van der Waals surface area contributed by atoms with Gasteiger partial charge in [-0.15, -0.1) is 0 Å². The van der Waals surface area contributed by atoms with Gasteiger partial charge in [0.2, 0.25) is 0 Å². The first-order valence-corrected chi connectivity index (χ1v) is 13.6. The number of aromatic amines is 1. The molecule has 38 heavy (non-hydrogen) atoms. The Balaban J connectivity index is 1.61. The molecule has 1 aliphatic carbocycles. The van der Waals surface area contributed by atoms with Gasteiger partial charge in [0.25, 0.3) is 0 Å². The van der Waals surface area contributed by atoms with E-state index >= 15 is 0 Å². The lowest BCUT2D eigenvalue weighted by Crippen LogP contribution is -2.36. The molecule has 0 bridgehead atoms. The molecule has 1 aliphatic heterocycles. The SMILES string of the molecule is CCN(CC)c1ccc2c(c1)-c1cc(N(C)C)ccc1C21Oc2cc(C)ccc2-c2[nH]c3ccccc3c21. The summed E-state index contributed by atoms with van der Waals surface area (Å²) in [6.07, 6.45) is 0. The zero-order valence-corrected chi connectivity index (χ0v) is 22.7. The van der Waals surface area contributed by atoms with Crippen LogP contribution in [0.1, 0.15) is 36.1 Å². The quantitative estimate of drug-likeness (QED) is 0.275. The maximum absolute atomic E-state index is 7.31. The van der Waals surface area contributed by atoms with Crippen molar-refractivity contribution in [3.63, 3.8) is 0 Å². The van der Waals surface area contributed by atoms with Crippen molar-refractivity contribution in [1.29, 1.82) is 0 Å². The summed E-state index contributed by atoms with van der Waals surface area (Å²) in [7, 11) is 4.21. The topological polar surface area (TPSA) is 31.5 Å². The van der Waals surface area contributed by atoms with Crippen molar-refractivity contribution in [2.45, 2.75) is 26.4 Å². The van der Waals surface area contributed by atoms with Gasteiger partial charge in [-0.1, -0.05) is 36.4 Å². The molecule has 2 aliphatic rings. The number of para-hydroxylation sites is 1. The average molecular weight is 500 g/mol. The zero-order valence-electron chi connectivity index (χ0n) is 22.7. The molecule has 0 saturated heterocycles. The summed E-state index contributed by atoms with van der Waals surface area (Å²) in [5.74, 6) is 0.923. The highest BCUT2D eigenvalue weighted by Crippen LogP contribution is 2.60. The maximum Gasteiger partial charge on any atom is 0.188 e. The van der Waals surface area contributed by atoms with Crippen molar-refractivity contribution in [2.24, 2.45) is 0 Å². The van der Waals surface area contributed by atoms with Crippen LogP contribution in [0.15, 0.2) is 78.9 Å². The standard InChI is InChI=1S/C34H33N3O/c1-6-37(7-2)23-14-17-29-27(20-23)26-19-22(36(4)5)13-16-28(26)34(29)32-24-10-8-9-11-30(24)35-33(32)25-15-12-21(3)18-31(25)38-34/h8-20,35H,6-7H2,1-5H3. The molecule has 1 atom stereocenters. The minimum Gasteiger partial charge on any atom is -0.472 e. The van der Waals surface area contributed by atoms with E-state index in [4.69, 9.17) is 4.74 Å². The van der Waals surface area contributed by atoms with Gasteiger partial charge < -0.3 is 19.5 Å². The van der Waals surface area contributed by atoms with E-state index in [1.165, 1.54) is 50.1 Å². The highest BCUT2D eigenvalue weighted by Gasteiger charge is 2.52. The van der Waals surface area contributed by atoms with E-state index in [1.807, 2.05) is 0 Å². The van der Waals surface area contributed by atoms with Crippen LogP contribution in [0.4, 0.5) is 11.4 Å². The number of aryl methyl sites for hydroxylation is 1. The van der Waals surface area contributed by atoms with Crippen molar-refractivity contribution in [2.75, 3.05) is 37.0 Å². The number of anilines is 2. The van der Waals surface area contributed by atoms with Crippen LogP contribution < -0.4 is 14.5 Å². The first-order chi connectivity index (χ1) is 18.5. The molecule has 190 valence electrons. The van der Waals surface area contributed by atoms with Crippen molar-refractivity contribution in [1.82, 2.24) is 4.98 Å². The predicted molar refractivity (Wildman–Crippen MR) is 159 cm³/mol. The van der Waals surface area contributed by atoms with Crippen LogP contribution in [0.5, 0.6) is 5.75 Å². The van der Waals surface area contributed by atoms with Crippen LogP contribution in [-0.4, -0.2) is 32.2 Å². The molecular formula is C34H33N3O. The molecule has 1 N–H and O–H groups in total. The number of ether oxygens (including phenoxy) is 1. The summed E-state index contributed by atoms with van der Waals surface area (Å²) in [6, 6.07) is 29.0. The van der Waals surface area contributed by atoms with E-state index in [9.17, 15) is 0 Å². The van der Waals surface area contributed by atoms with Crippen LogP contribution in [-0.2, 0) is 5.60 Å². The van der Waals surface area contributed by atoms with E-state index in [0.717, 1.165) is 35.6 Å². The van der Waals surface area contributed by atoms with Crippen molar-refractivity contribution in [3.05, 3.63) is 101 Å². The molecular weight excluding hydrogens is 466 g/mol. The van der Waals surface area contributed by atoms with Gasteiger partial charge in [0.15, 0.2) is 5.60 Å². The summed E-state index contributed by atoms with van der Waals surface area (Å²) in [5, 5.41) is 1.21. The minimum absolute atomic E-state index is 0.743. The molecule has 0 amide bonds. The van der Waals surface area contributed by atoms with Crippen LogP contribution in [0.3, 0.4) is 0 Å². The van der Waals surface area contributed by atoms with Crippen LogP contribution >= 0.6 is 0 Å². The summed E-state index contributed by atoms with van der Waals surface area (Å²) < 4.78 is 7.31. The number of H-pyrrole nitrogens is 1. The lowest BCUT2D eigenvalue weighted by molar-refractivity contribution is 0.158. The molecule has 0 saturated carbocycles. The molecule has 2 heterocycles. The van der Waals surface area contributed by atoms with Gasteiger partial charge in [-0.05, 0) is 79.9 Å². The van der Waals surface area contributed by atoms with Gasteiger partial charge in [0, 0.05) is 71.7 Å². The summed E-state index contributed by atoms with van der Waals surface area (Å²) >= 11 is 0. The van der Waals surface area contributed by atoms with E-state index < -0.39 is 5.60 Å². The lowest BCUT2D eigenvalue weighted by Gasteiger charge is -2.38. The first-order valence-electron chi connectivity index (χ1n) is 13.6. The fourth-order valence-electron chi connectivity index (χ4n) is 6.56. The second-order valence-corrected chi connectivity index (χ2v) is 10.7. The van der Waals surface area contributed by atoms with Crippen LogP contribution in [0, 0.1) is 6.92 Å². The molecule has 4 aromatic carbocycles. The van der Waals surface area contributed by atoms with Gasteiger partial charge in [-0.3, -0.25) is 0 Å². The molecule has 7 rings (SSSR count). The van der Waals surface area contributed by atoms with Crippen LogP contribution in [0.2, 0.25) is 0 Å². The first kappa shape index (κ1) is 23.0. The molecule has 1 aromatic heterocycles. The third-order valence-electron chi connectivity index (χ3n) is 8.43. The number of aromatic nitrogens is 1. The minimum atomic E-state index is -0.743. The fourth-order valence-corrected chi connectivity index (χ4v) is 6.56. The Morgan fingerprint density at radius 3 is 2.16 bits per heavy atom. The molecule has 1 spiro atoms. The van der Waals surface area contributed by atoms with Gasteiger partial charge in [0.1, 0.15) is 5.75 Å². The lowest BCUT2D eigenvalue weighted by atomic mass is 9.79. The Labute approximate surface area is 224 Å². The van der Waals surface area contributed by atoms with Gasteiger partial charge >= 0.3 is 0 Å². The Hall–Kier alpha value is -4.18. The number of fused-ring (bicyclic) bond motifs is 11. The molecule has 1 unspecified atom stereocenters. The van der Waals surface area contributed by atoms with Gasteiger partial charge in [0.05, 0.1) is 5.69 Å². The number of benzene rings is 4. The smallest absolute Gasteiger partial charge is 0.188 e. The Morgan fingerprint density at radius 2 is 1.45 bits per heavy atom. The third kappa shape index (κ3) is 2.97. The predicted octanol–water partition coefficient (Wildman–Crippen LogP) is 7.72. The Bertz CT molecular complexity index is 1730. The summed E-state index contributed by atoms with van der Waals surface area (Å²) in [5.41, 5.74) is 12.4. The van der Waals surface area contributed by atoms with Gasteiger partial charge in [-0.25, -0.2) is 0 Å². The summed E-state index contributed by atoms with van der Waals surface area (Å²) in [4.78, 5) is 8.38. The zero-order chi connectivity index (χ0) is 26.2. The average Bonchev–Trinajstić information content (AvgIpc) is 3.44. The number of rotatable bonds is 4. The van der Waals surface area contributed by atoms with Gasteiger partial charge in [-0.2, -0.15) is 0 Å². The molecule has 4 heteroatoms. The van der Waals surface area contributed by atoms with E-state index in [1.54, 1.807) is 0 Å². The largest absolute Gasteiger partial charge is 0.472 e. The maximum atomic E-state index is 7.31. The summed E-state index contributed by atoms with van der Waals surface area (Å²) in [6.45, 7) is 8.52. The van der Waals surface area contributed by atoms with E-state index in [0.29, 0.717) is 0 Å². The second kappa shape index (κ2) is 8.16. The highest BCUT2D eigenvalue weighted by atomic mass is 16.5. The fraction of sp³-hybridized carbons (Fsp3) is 0.235. The third-order valence-corrected chi connectivity index (χ3v) is 8.43. The monoisotopic (exact) mass is 499 g/mol. The van der Waals surface area contributed by atoms with Crippen molar-refractivity contribution in [3.8, 4) is 28.1 Å². The Kier molecular flexibility index (Phi) is 4.93. The second-order valence-electron chi connectivity index (χ2n) is 10.7. The van der Waals surface area contributed by atoms with Crippen molar-refractivity contribution < 1.29 is 4.74 Å². The normalized spacial score (nSPS) is 16.6.